The summed E-state index contributed by atoms with van der Waals surface area (Å²) in [4.78, 5) is 16.6. The van der Waals surface area contributed by atoms with Gasteiger partial charge >= 0.3 is 0 Å². The van der Waals surface area contributed by atoms with Crippen molar-refractivity contribution in [2.75, 3.05) is 29.6 Å². The minimum Gasteiger partial charge on any atom is -0.364 e. The molecule has 1 aromatic carbocycles. The summed E-state index contributed by atoms with van der Waals surface area (Å²) in [7, 11) is 0. The number of aromatic nitrogens is 3. The van der Waals surface area contributed by atoms with E-state index in [4.69, 9.17) is 9.97 Å². The number of rotatable bonds is 6. The van der Waals surface area contributed by atoms with Crippen molar-refractivity contribution in [3.63, 3.8) is 0 Å². The summed E-state index contributed by atoms with van der Waals surface area (Å²) >= 11 is 1.59. The molecule has 0 spiro atoms. The van der Waals surface area contributed by atoms with Crippen molar-refractivity contribution in [1.82, 2.24) is 20.3 Å². The van der Waals surface area contributed by atoms with E-state index in [2.05, 4.69) is 63.8 Å². The molecule has 4 heterocycles. The number of nitrogens with zero attached hydrogens (tertiary/aromatic N) is 4. The number of thioether (sulfide) groups is 1. The van der Waals surface area contributed by atoms with Crippen LogP contribution in [-0.4, -0.2) is 46.4 Å². The molecule has 2 unspecified atom stereocenters. The molecule has 2 bridgehead atoms. The predicted molar refractivity (Wildman–Crippen MR) is 123 cm³/mol. The average Bonchev–Trinajstić information content (AvgIpc) is 3.43. The Morgan fingerprint density at radius 1 is 1.17 bits per heavy atom. The van der Waals surface area contributed by atoms with Crippen LogP contribution < -0.4 is 15.5 Å². The first kappa shape index (κ1) is 19.3. The van der Waals surface area contributed by atoms with Gasteiger partial charge in [0.1, 0.15) is 11.6 Å². The lowest BCUT2D eigenvalue weighted by Gasteiger charge is -2.28. The summed E-state index contributed by atoms with van der Waals surface area (Å²) in [5.74, 6) is 1.88. The predicted octanol–water partition coefficient (Wildman–Crippen LogP) is 3.98. The summed E-state index contributed by atoms with van der Waals surface area (Å²) < 4.78 is 0. The van der Waals surface area contributed by atoms with Crippen molar-refractivity contribution in [2.24, 2.45) is 0 Å². The molecule has 2 aromatic heterocycles. The number of benzene rings is 1. The molecule has 30 heavy (non-hydrogen) atoms. The van der Waals surface area contributed by atoms with Crippen molar-refractivity contribution in [1.29, 1.82) is 0 Å². The molecule has 2 N–H and O–H groups in total. The third-order valence-electron chi connectivity index (χ3n) is 5.95. The maximum Gasteiger partial charge on any atom is 0.189 e. The molecule has 3 aromatic rings. The number of hydrogen-bond donors (Lipinski definition) is 2. The van der Waals surface area contributed by atoms with Crippen molar-refractivity contribution in [3.8, 4) is 11.3 Å². The maximum atomic E-state index is 4.81. The number of pyridine rings is 1. The molecule has 0 amide bonds. The highest BCUT2D eigenvalue weighted by Gasteiger charge is 2.38. The molecule has 2 fully saturated rings. The summed E-state index contributed by atoms with van der Waals surface area (Å²) in [6, 6.07) is 17.9. The number of anilines is 2. The Morgan fingerprint density at radius 2 is 2.03 bits per heavy atom. The lowest BCUT2D eigenvalue weighted by atomic mass is 10.1. The first-order valence-electron chi connectivity index (χ1n) is 10.4. The third kappa shape index (κ3) is 3.87. The van der Waals surface area contributed by atoms with Crippen LogP contribution in [-0.2, 0) is 0 Å². The monoisotopic (exact) mass is 418 g/mol. The van der Waals surface area contributed by atoms with Crippen LogP contribution in [0.1, 0.15) is 24.9 Å². The Labute approximate surface area is 181 Å². The quantitative estimate of drug-likeness (QED) is 0.464. The second-order valence-corrected chi connectivity index (χ2v) is 8.73. The SMILES string of the molecule is CSc1nc(-c2ccnc(N[C@@H](C)c3ccccc3)c2)cc(N2CC3CC2CN3)n1. The van der Waals surface area contributed by atoms with E-state index in [0.717, 1.165) is 41.1 Å². The Bertz CT molecular complexity index is 1030. The van der Waals surface area contributed by atoms with E-state index in [0.29, 0.717) is 12.1 Å². The topological polar surface area (TPSA) is 66.0 Å². The summed E-state index contributed by atoms with van der Waals surface area (Å²) in [6.07, 6.45) is 5.08. The van der Waals surface area contributed by atoms with Gasteiger partial charge in [-0.3, -0.25) is 0 Å². The van der Waals surface area contributed by atoms with Crippen LogP contribution in [0.2, 0.25) is 0 Å². The lowest BCUT2D eigenvalue weighted by molar-refractivity contribution is 0.574. The van der Waals surface area contributed by atoms with Crippen LogP contribution in [0.4, 0.5) is 11.6 Å². The van der Waals surface area contributed by atoms with Gasteiger partial charge < -0.3 is 15.5 Å². The highest BCUT2D eigenvalue weighted by molar-refractivity contribution is 7.98. The fourth-order valence-corrected chi connectivity index (χ4v) is 4.73. The van der Waals surface area contributed by atoms with Crippen LogP contribution >= 0.6 is 11.8 Å². The van der Waals surface area contributed by atoms with Crippen molar-refractivity contribution >= 4 is 23.4 Å². The van der Waals surface area contributed by atoms with Gasteiger partial charge in [-0.2, -0.15) is 0 Å². The van der Waals surface area contributed by atoms with Gasteiger partial charge in [-0.1, -0.05) is 42.1 Å². The van der Waals surface area contributed by atoms with Gasteiger partial charge in [0.15, 0.2) is 5.16 Å². The normalized spacial score (nSPS) is 21.1. The van der Waals surface area contributed by atoms with E-state index in [9.17, 15) is 0 Å². The number of hydrogen-bond acceptors (Lipinski definition) is 7. The molecule has 3 atom stereocenters. The van der Waals surface area contributed by atoms with Gasteiger partial charge in [-0.25, -0.2) is 15.0 Å². The van der Waals surface area contributed by atoms with Crippen LogP contribution in [0.3, 0.4) is 0 Å². The van der Waals surface area contributed by atoms with Gasteiger partial charge in [0.05, 0.1) is 5.69 Å². The molecule has 2 aliphatic heterocycles. The number of piperazine rings is 1. The van der Waals surface area contributed by atoms with Gasteiger partial charge in [-0.15, -0.1) is 0 Å². The molecule has 0 aliphatic carbocycles. The number of nitrogens with one attached hydrogen (secondary N) is 2. The van der Waals surface area contributed by atoms with E-state index in [1.165, 1.54) is 12.0 Å². The summed E-state index contributed by atoms with van der Waals surface area (Å²) in [5, 5.41) is 7.88. The zero-order chi connectivity index (χ0) is 20.5. The third-order valence-corrected chi connectivity index (χ3v) is 6.49. The second kappa shape index (κ2) is 8.24. The zero-order valence-corrected chi connectivity index (χ0v) is 18.1. The minimum atomic E-state index is 0.171. The van der Waals surface area contributed by atoms with E-state index in [1.807, 2.05) is 24.6 Å². The van der Waals surface area contributed by atoms with E-state index >= 15 is 0 Å². The first-order chi connectivity index (χ1) is 14.7. The van der Waals surface area contributed by atoms with E-state index < -0.39 is 0 Å². The van der Waals surface area contributed by atoms with Gasteiger partial charge in [0, 0.05) is 49.0 Å². The molecular formula is C23H26N6S. The lowest BCUT2D eigenvalue weighted by Crippen LogP contribution is -2.44. The van der Waals surface area contributed by atoms with Gasteiger partial charge in [0.2, 0.25) is 0 Å². The molecular weight excluding hydrogens is 392 g/mol. The fraction of sp³-hybridized carbons (Fsp3) is 0.348. The molecule has 7 heteroatoms. The summed E-state index contributed by atoms with van der Waals surface area (Å²) in [5.41, 5.74) is 3.23. The van der Waals surface area contributed by atoms with E-state index in [1.54, 1.807) is 11.8 Å². The van der Waals surface area contributed by atoms with Crippen molar-refractivity contribution in [3.05, 3.63) is 60.3 Å². The number of fused-ring (bicyclic) bond motifs is 2. The van der Waals surface area contributed by atoms with Gasteiger partial charge in [0.25, 0.3) is 0 Å². The molecule has 154 valence electrons. The average molecular weight is 419 g/mol. The van der Waals surface area contributed by atoms with Crippen LogP contribution in [0.5, 0.6) is 0 Å². The van der Waals surface area contributed by atoms with Crippen molar-refractivity contribution in [2.45, 2.75) is 36.6 Å². The molecule has 2 saturated heterocycles. The standard InChI is InChI=1S/C23H26N6S/c1-15(16-6-4-3-5-7-16)26-21-10-17(8-9-24-21)20-12-22(28-23(27-20)30-2)29-14-18-11-19(29)13-25-18/h3-10,12,15,18-19,25H,11,13-14H2,1-2H3,(H,24,26)/t15-,18?,19?/m0/s1. The maximum absolute atomic E-state index is 4.81. The molecule has 2 aliphatic rings. The Balaban J connectivity index is 1.42. The van der Waals surface area contributed by atoms with Crippen molar-refractivity contribution < 1.29 is 0 Å². The largest absolute Gasteiger partial charge is 0.364 e. The second-order valence-electron chi connectivity index (χ2n) is 7.95. The Morgan fingerprint density at radius 3 is 2.77 bits per heavy atom. The van der Waals surface area contributed by atoms with Crippen LogP contribution in [0, 0.1) is 0 Å². The Kier molecular flexibility index (Phi) is 5.31. The highest BCUT2D eigenvalue weighted by Crippen LogP contribution is 2.32. The smallest absolute Gasteiger partial charge is 0.189 e. The Hall–Kier alpha value is -2.64. The van der Waals surface area contributed by atoms with Crippen LogP contribution in [0.25, 0.3) is 11.3 Å². The van der Waals surface area contributed by atoms with Crippen LogP contribution in [0.15, 0.2) is 59.9 Å². The highest BCUT2D eigenvalue weighted by atomic mass is 32.2. The molecule has 6 nitrogen and oxygen atoms in total. The van der Waals surface area contributed by atoms with E-state index in [-0.39, 0.29) is 6.04 Å². The summed E-state index contributed by atoms with van der Waals surface area (Å²) in [6.45, 7) is 4.21. The zero-order valence-electron chi connectivity index (χ0n) is 17.2. The fourth-order valence-electron chi connectivity index (χ4n) is 4.36. The minimum absolute atomic E-state index is 0.171. The molecule has 0 radical (unpaired) electrons. The van der Waals surface area contributed by atoms with Gasteiger partial charge in [-0.05, 0) is 37.3 Å². The molecule has 5 rings (SSSR count). The molecule has 0 saturated carbocycles. The first-order valence-corrected chi connectivity index (χ1v) is 11.6.